The van der Waals surface area contributed by atoms with Crippen LogP contribution in [0.4, 0.5) is 0 Å². The summed E-state index contributed by atoms with van der Waals surface area (Å²) >= 11 is 0. The Labute approximate surface area is 434 Å². The zero-order chi connectivity index (χ0) is 52.8. The molecule has 12 rings (SSSR count). The Bertz CT molecular complexity index is 4050. The molecule has 0 atom stereocenters. The molecule has 6 heterocycles. The van der Waals surface area contributed by atoms with E-state index in [0.29, 0.717) is 23.0 Å². The van der Waals surface area contributed by atoms with Crippen LogP contribution in [0, 0.1) is 0 Å². The van der Waals surface area contributed by atoms with E-state index in [1.54, 1.807) is 28.4 Å². The summed E-state index contributed by atoms with van der Waals surface area (Å²) in [4.78, 5) is 54.2. The van der Waals surface area contributed by atoms with Crippen LogP contribution in [0.3, 0.4) is 0 Å². The number of methoxy groups -OCH3 is 4. The van der Waals surface area contributed by atoms with Gasteiger partial charge in [0.25, 0.3) is 0 Å². The van der Waals surface area contributed by atoms with Crippen molar-refractivity contribution in [2.45, 2.75) is 13.8 Å². The maximum absolute atomic E-state index is 14.1. The molecule has 378 valence electrons. The highest BCUT2D eigenvalue weighted by atomic mass is 31.1. The number of fused-ring (bicyclic) bond motifs is 2. The minimum atomic E-state index is -2.09. The molecule has 0 amide bonds. The molecule has 18 heteroatoms. The average molecular weight is 1050 g/mol. The molecular formula is C58H44N4O12P2. The molecule has 6 aromatic heterocycles. The van der Waals surface area contributed by atoms with Crippen molar-refractivity contribution < 1.29 is 56.6 Å². The summed E-state index contributed by atoms with van der Waals surface area (Å²) in [5.41, 5.74) is 3.55. The van der Waals surface area contributed by atoms with E-state index in [1.165, 1.54) is 38.1 Å². The number of nitrogens with zero attached hydrogens (tertiary/aromatic N) is 4. The zero-order valence-electron chi connectivity index (χ0n) is 41.7. The maximum atomic E-state index is 14.1. The fourth-order valence-electron chi connectivity index (χ4n) is 10.3. The first-order chi connectivity index (χ1) is 36.9. The largest absolute Gasteiger partial charge is 0.494 e. The highest BCUT2D eigenvalue weighted by Crippen LogP contribution is 2.52. The minimum Gasteiger partial charge on any atom is -0.494 e. The van der Waals surface area contributed by atoms with Crippen molar-refractivity contribution in [1.29, 1.82) is 0 Å². The molecule has 0 bridgehead atoms. The number of hydrogen-bond donors (Lipinski definition) is 0. The van der Waals surface area contributed by atoms with Gasteiger partial charge in [0.2, 0.25) is 16.2 Å². The summed E-state index contributed by atoms with van der Waals surface area (Å²) in [6, 6.07) is 29.9. The molecule has 0 fully saturated rings. The molecule has 0 spiro atoms. The van der Waals surface area contributed by atoms with E-state index in [2.05, 4.69) is 13.2 Å². The lowest BCUT2D eigenvalue weighted by Crippen LogP contribution is -2.09. The van der Waals surface area contributed by atoms with Crippen LogP contribution in [0.5, 0.6) is 46.0 Å². The number of benzene rings is 6. The third kappa shape index (κ3) is 7.20. The Morgan fingerprint density at radius 2 is 0.684 bits per heavy atom. The third-order valence-electron chi connectivity index (χ3n) is 13.5. The van der Waals surface area contributed by atoms with Gasteiger partial charge in [-0.05, 0) is 48.6 Å². The molecule has 12 aromatic rings. The van der Waals surface area contributed by atoms with E-state index in [1.807, 2.05) is 114 Å². The first-order valence-electron chi connectivity index (χ1n) is 23.7. The first-order valence-corrected chi connectivity index (χ1v) is 26.0. The standard InChI is InChI=1S/C58H44N4O12P2/c1-9-45(65)43-23-41(49(25-47(43)71-31(3)63)73-75-59-27-51(67-5)37-19-11-15-33(55(37)59)34-16-12-20-38-52(68-6)28-60(75)56(34)38)42-24-44(46(66)10-2)48(72-32(4)64)26-50(42)74-76-61-29-53(69-7)39-21-13-17-35(57(39)61)36-18-14-22-40-54(70-8)30-62(76)58(36)40/h9-30H,1-2H2,3-8H3. The lowest BCUT2D eigenvalue weighted by molar-refractivity contribution is -0.132. The maximum Gasteiger partial charge on any atom is 0.308 e. The minimum absolute atomic E-state index is 0.0599. The topological polar surface area (TPSA) is 160 Å². The number of ether oxygens (including phenoxy) is 6. The number of carbonyl (C=O) groups is 4. The van der Waals surface area contributed by atoms with Gasteiger partial charge in [0.15, 0.2) is 11.6 Å². The van der Waals surface area contributed by atoms with Crippen LogP contribution in [0.1, 0.15) is 34.6 Å². The summed E-state index contributed by atoms with van der Waals surface area (Å²) in [5.74, 6) is -0.343. The quantitative estimate of drug-likeness (QED) is 0.0414. The van der Waals surface area contributed by atoms with Crippen molar-refractivity contribution in [1.82, 2.24) is 16.7 Å². The lowest BCUT2D eigenvalue weighted by Gasteiger charge is -2.20. The van der Waals surface area contributed by atoms with Crippen LogP contribution in [-0.4, -0.2) is 68.6 Å². The zero-order valence-corrected chi connectivity index (χ0v) is 43.5. The molecule has 16 nitrogen and oxygen atoms in total. The average Bonchev–Trinajstić information content (AvgIpc) is 4.21. The molecule has 0 saturated carbocycles. The van der Waals surface area contributed by atoms with Gasteiger partial charge < -0.3 is 37.5 Å². The monoisotopic (exact) mass is 1050 g/mol. The number of carbonyl (C=O) groups excluding carboxylic acids is 4. The van der Waals surface area contributed by atoms with E-state index in [9.17, 15) is 19.2 Å². The number of ketones is 2. The van der Waals surface area contributed by atoms with Crippen molar-refractivity contribution in [2.24, 2.45) is 0 Å². The Kier molecular flexibility index (Phi) is 11.4. The van der Waals surface area contributed by atoms with Crippen molar-refractivity contribution in [3.63, 3.8) is 0 Å². The van der Waals surface area contributed by atoms with Crippen molar-refractivity contribution in [3.05, 3.63) is 158 Å². The molecule has 0 aliphatic carbocycles. The van der Waals surface area contributed by atoms with E-state index >= 15 is 0 Å². The van der Waals surface area contributed by atoms with E-state index < -0.39 is 39.7 Å². The highest BCUT2D eigenvalue weighted by molar-refractivity contribution is 7.38. The molecule has 6 aromatic carbocycles. The van der Waals surface area contributed by atoms with Crippen LogP contribution in [0.15, 0.2) is 147 Å². The van der Waals surface area contributed by atoms with Gasteiger partial charge in [-0.25, -0.2) is 0 Å². The van der Waals surface area contributed by atoms with Crippen LogP contribution < -0.4 is 37.5 Å². The second kappa shape index (κ2) is 18.2. The molecule has 0 saturated heterocycles. The lowest BCUT2D eigenvalue weighted by atomic mass is 9.95. The number of hydrogen-bond acceptors (Lipinski definition) is 12. The number of esters is 2. The summed E-state index contributed by atoms with van der Waals surface area (Å²) < 4.78 is 58.7. The smallest absolute Gasteiger partial charge is 0.308 e. The van der Waals surface area contributed by atoms with Gasteiger partial charge >= 0.3 is 11.9 Å². The van der Waals surface area contributed by atoms with Crippen LogP contribution in [0.2, 0.25) is 0 Å². The fourth-order valence-corrected chi connectivity index (χ4v) is 14.1. The number of aromatic nitrogens is 4. The summed E-state index contributed by atoms with van der Waals surface area (Å²) in [7, 11) is 2.22. The van der Waals surface area contributed by atoms with E-state index in [0.717, 1.165) is 77.3 Å². The Morgan fingerprint density at radius 1 is 0.408 bits per heavy atom. The van der Waals surface area contributed by atoms with Gasteiger partial charge in [-0.15, -0.1) is 0 Å². The fraction of sp³-hybridized carbons (Fsp3) is 0.103. The number of rotatable bonds is 15. The van der Waals surface area contributed by atoms with Crippen LogP contribution >= 0.6 is 16.2 Å². The summed E-state index contributed by atoms with van der Waals surface area (Å²) in [5, 5.41) is 6.90. The van der Waals surface area contributed by atoms with E-state index in [-0.39, 0.29) is 45.3 Å². The van der Waals surface area contributed by atoms with Gasteiger partial charge in [0, 0.05) is 80.2 Å². The van der Waals surface area contributed by atoms with Crippen LogP contribution in [0.25, 0.3) is 76.3 Å². The number of allylic oxidation sites excluding steroid dienone is 2. The van der Waals surface area contributed by atoms with Crippen molar-refractivity contribution in [3.8, 4) is 57.1 Å². The molecule has 76 heavy (non-hydrogen) atoms. The highest BCUT2D eigenvalue weighted by Gasteiger charge is 2.29. The molecule has 0 N–H and O–H groups in total. The Balaban J connectivity index is 1.23. The van der Waals surface area contributed by atoms with E-state index in [4.69, 9.17) is 37.5 Å². The van der Waals surface area contributed by atoms with Gasteiger partial charge in [0.1, 0.15) is 46.0 Å². The van der Waals surface area contributed by atoms with Crippen molar-refractivity contribution in [2.75, 3.05) is 28.4 Å². The number of para-hydroxylation sites is 4. The second-order valence-electron chi connectivity index (χ2n) is 17.7. The molecular weight excluding hydrogens is 1010 g/mol. The van der Waals surface area contributed by atoms with Crippen molar-refractivity contribution >= 4 is 105 Å². The molecule has 0 aliphatic rings. The van der Waals surface area contributed by atoms with Crippen LogP contribution in [-0.2, 0) is 9.59 Å². The molecule has 0 radical (unpaired) electrons. The predicted molar refractivity (Wildman–Crippen MR) is 294 cm³/mol. The molecule has 0 aliphatic heterocycles. The Morgan fingerprint density at radius 3 is 0.934 bits per heavy atom. The summed E-state index contributed by atoms with van der Waals surface area (Å²) in [6.45, 7) is 10.0. The SMILES string of the molecule is C=CC(=O)c1cc(-c2cc(C(=O)C=C)c(OC(C)=O)cc2Op2n3cc(OC)c4cccc(c5cccc6c(OC)cn2c65)c43)c(Op2n3cc(OC)c4cccc(c5cccc6c(OC)cn2c65)c43)cc1OC(C)=O. The van der Waals surface area contributed by atoms with Gasteiger partial charge in [-0.1, -0.05) is 61.7 Å². The molecule has 0 unspecified atom stereocenters. The second-order valence-corrected chi connectivity index (χ2v) is 20.8. The Hall–Kier alpha value is -9.36. The third-order valence-corrected chi connectivity index (χ3v) is 17.0. The first kappa shape index (κ1) is 47.6. The summed E-state index contributed by atoms with van der Waals surface area (Å²) in [6.07, 6.45) is 9.70. The normalized spacial score (nSPS) is 11.6. The van der Waals surface area contributed by atoms with Gasteiger partial charge in [0.05, 0.1) is 86.4 Å². The predicted octanol–water partition coefficient (Wildman–Crippen LogP) is 13.3. The van der Waals surface area contributed by atoms with Gasteiger partial charge in [-0.2, -0.15) is 0 Å². The van der Waals surface area contributed by atoms with Gasteiger partial charge in [-0.3, -0.25) is 35.8 Å².